The first-order valence-corrected chi connectivity index (χ1v) is 5.18. The van der Waals surface area contributed by atoms with Gasteiger partial charge in [-0.05, 0) is 39.2 Å². The van der Waals surface area contributed by atoms with Gasteiger partial charge in [0, 0.05) is 23.5 Å². The largest absolute Gasteiger partial charge is 0.411 e. The third kappa shape index (κ3) is 1.24. The summed E-state index contributed by atoms with van der Waals surface area (Å²) in [6.07, 6.45) is 3.10. The number of hydrogen-bond donors (Lipinski definition) is 1. The molecule has 0 bridgehead atoms. The van der Waals surface area contributed by atoms with Crippen molar-refractivity contribution in [1.82, 2.24) is 4.57 Å². The molecule has 0 amide bonds. The van der Waals surface area contributed by atoms with E-state index in [9.17, 15) is 0 Å². The average molecular weight is 192 g/mol. The molecule has 0 radical (unpaired) electrons. The Bertz CT molecular complexity index is 377. The van der Waals surface area contributed by atoms with Crippen LogP contribution in [0.4, 0.5) is 0 Å². The highest BCUT2D eigenvalue weighted by Crippen LogP contribution is 2.25. The van der Waals surface area contributed by atoms with Crippen molar-refractivity contribution in [2.75, 3.05) is 0 Å². The third-order valence-electron chi connectivity index (χ3n) is 2.99. The Kier molecular flexibility index (Phi) is 2.32. The predicted octanol–water partition coefficient (Wildman–Crippen LogP) is 2.33. The fraction of sp³-hybridized carbons (Fsp3) is 0.545. The maximum atomic E-state index is 8.89. The molecule has 0 aliphatic heterocycles. The van der Waals surface area contributed by atoms with Crippen molar-refractivity contribution in [2.24, 2.45) is 5.16 Å². The topological polar surface area (TPSA) is 37.5 Å². The summed E-state index contributed by atoms with van der Waals surface area (Å²) in [6.45, 7) is 5.26. The van der Waals surface area contributed by atoms with Crippen LogP contribution in [0.15, 0.2) is 11.2 Å². The molecule has 14 heavy (non-hydrogen) atoms. The minimum absolute atomic E-state index is 0.849. The molecule has 2 rings (SSSR count). The lowest BCUT2D eigenvalue weighted by Gasteiger charge is -2.15. The van der Waals surface area contributed by atoms with Crippen molar-refractivity contribution >= 4 is 5.71 Å². The van der Waals surface area contributed by atoms with E-state index in [4.69, 9.17) is 5.21 Å². The molecule has 0 fully saturated rings. The summed E-state index contributed by atoms with van der Waals surface area (Å²) < 4.78 is 2.31. The molecule has 3 heteroatoms. The standard InChI is InChI=1S/C11H16N2O/c1-3-13-8(2)7-9-10(12-14)5-4-6-11(9)13/h7,14H,3-6H2,1-2H3/b12-10+. The summed E-state index contributed by atoms with van der Waals surface area (Å²) in [5.74, 6) is 0. The highest BCUT2D eigenvalue weighted by atomic mass is 16.4. The molecule has 1 aromatic heterocycles. The van der Waals surface area contributed by atoms with Gasteiger partial charge in [0.25, 0.3) is 0 Å². The fourth-order valence-electron chi connectivity index (χ4n) is 2.35. The summed E-state index contributed by atoms with van der Waals surface area (Å²) in [5.41, 5.74) is 4.60. The van der Waals surface area contributed by atoms with Crippen LogP contribution in [0.2, 0.25) is 0 Å². The number of rotatable bonds is 1. The zero-order chi connectivity index (χ0) is 10.1. The van der Waals surface area contributed by atoms with Crippen molar-refractivity contribution in [1.29, 1.82) is 0 Å². The van der Waals surface area contributed by atoms with Crippen molar-refractivity contribution in [2.45, 2.75) is 39.7 Å². The lowest BCUT2D eigenvalue weighted by Crippen LogP contribution is -2.13. The number of aromatic nitrogens is 1. The summed E-state index contributed by atoms with van der Waals surface area (Å²) >= 11 is 0. The number of fused-ring (bicyclic) bond motifs is 1. The summed E-state index contributed by atoms with van der Waals surface area (Å²) in [4.78, 5) is 0. The molecule has 1 aliphatic rings. The smallest absolute Gasteiger partial charge is 0.0886 e. The molecule has 0 atom stereocenters. The molecule has 1 N–H and O–H groups in total. The second kappa shape index (κ2) is 3.48. The minimum Gasteiger partial charge on any atom is -0.411 e. The Labute approximate surface area is 84.0 Å². The quantitative estimate of drug-likeness (QED) is 0.538. The molecule has 76 valence electrons. The molecule has 3 nitrogen and oxygen atoms in total. The van der Waals surface area contributed by atoms with Crippen molar-refractivity contribution in [3.05, 3.63) is 23.0 Å². The van der Waals surface area contributed by atoms with Gasteiger partial charge in [0.2, 0.25) is 0 Å². The van der Waals surface area contributed by atoms with Crippen LogP contribution in [0.3, 0.4) is 0 Å². The fourth-order valence-corrected chi connectivity index (χ4v) is 2.35. The van der Waals surface area contributed by atoms with Crippen molar-refractivity contribution in [3.63, 3.8) is 0 Å². The number of hydrogen-bond acceptors (Lipinski definition) is 2. The van der Waals surface area contributed by atoms with Gasteiger partial charge in [-0.3, -0.25) is 0 Å². The molecular weight excluding hydrogens is 176 g/mol. The van der Waals surface area contributed by atoms with Gasteiger partial charge >= 0.3 is 0 Å². The maximum absolute atomic E-state index is 8.89. The van der Waals surface area contributed by atoms with Gasteiger partial charge in [-0.1, -0.05) is 5.16 Å². The van der Waals surface area contributed by atoms with E-state index >= 15 is 0 Å². The monoisotopic (exact) mass is 192 g/mol. The highest BCUT2D eigenvalue weighted by molar-refractivity contribution is 6.02. The summed E-state index contributed by atoms with van der Waals surface area (Å²) in [7, 11) is 0. The van der Waals surface area contributed by atoms with Gasteiger partial charge in [-0.15, -0.1) is 0 Å². The van der Waals surface area contributed by atoms with Gasteiger partial charge < -0.3 is 9.77 Å². The zero-order valence-corrected chi connectivity index (χ0v) is 8.75. The van der Waals surface area contributed by atoms with E-state index in [1.54, 1.807) is 0 Å². The molecular formula is C11H16N2O. The van der Waals surface area contributed by atoms with E-state index in [0.717, 1.165) is 37.1 Å². The Morgan fingerprint density at radius 3 is 2.93 bits per heavy atom. The van der Waals surface area contributed by atoms with Gasteiger partial charge in [-0.25, -0.2) is 0 Å². The van der Waals surface area contributed by atoms with E-state index in [1.165, 1.54) is 11.4 Å². The van der Waals surface area contributed by atoms with Crippen LogP contribution in [0.5, 0.6) is 0 Å². The first-order valence-electron chi connectivity index (χ1n) is 5.18. The molecule has 1 aromatic rings. The second-order valence-corrected chi connectivity index (χ2v) is 3.79. The van der Waals surface area contributed by atoms with E-state index in [2.05, 4.69) is 29.6 Å². The van der Waals surface area contributed by atoms with Gasteiger partial charge in [0.1, 0.15) is 0 Å². The van der Waals surface area contributed by atoms with Crippen LogP contribution >= 0.6 is 0 Å². The lowest BCUT2D eigenvalue weighted by molar-refractivity contribution is 0.317. The molecule has 0 saturated carbocycles. The van der Waals surface area contributed by atoms with Crippen LogP contribution in [-0.4, -0.2) is 15.5 Å². The molecule has 0 aromatic carbocycles. The average Bonchev–Trinajstić information content (AvgIpc) is 2.52. The second-order valence-electron chi connectivity index (χ2n) is 3.79. The van der Waals surface area contributed by atoms with Crippen molar-refractivity contribution in [3.8, 4) is 0 Å². The first-order chi connectivity index (χ1) is 6.77. The molecule has 1 aliphatic carbocycles. The molecule has 0 saturated heterocycles. The third-order valence-corrected chi connectivity index (χ3v) is 2.99. The predicted molar refractivity (Wildman–Crippen MR) is 56.1 cm³/mol. The Balaban J connectivity index is 2.56. The van der Waals surface area contributed by atoms with Gasteiger partial charge in [-0.2, -0.15) is 0 Å². The zero-order valence-electron chi connectivity index (χ0n) is 8.75. The minimum atomic E-state index is 0.849. The number of oxime groups is 1. The Morgan fingerprint density at radius 2 is 2.29 bits per heavy atom. The SMILES string of the molecule is CCn1c(C)cc2c1CCC/C2=N\O. The van der Waals surface area contributed by atoms with E-state index in [-0.39, 0.29) is 0 Å². The van der Waals surface area contributed by atoms with Gasteiger partial charge in [0.15, 0.2) is 0 Å². The lowest BCUT2D eigenvalue weighted by atomic mass is 9.96. The van der Waals surface area contributed by atoms with E-state index in [1.807, 2.05) is 0 Å². The summed E-state index contributed by atoms with van der Waals surface area (Å²) in [6, 6.07) is 2.13. The van der Waals surface area contributed by atoms with Crippen LogP contribution in [0.25, 0.3) is 0 Å². The molecule has 1 heterocycles. The Morgan fingerprint density at radius 1 is 1.50 bits per heavy atom. The van der Waals surface area contributed by atoms with E-state index < -0.39 is 0 Å². The summed E-state index contributed by atoms with van der Waals surface area (Å²) in [5, 5.41) is 12.3. The van der Waals surface area contributed by atoms with Gasteiger partial charge in [0.05, 0.1) is 5.71 Å². The van der Waals surface area contributed by atoms with Crippen molar-refractivity contribution < 1.29 is 5.21 Å². The number of nitrogens with zero attached hydrogens (tertiary/aromatic N) is 2. The highest BCUT2D eigenvalue weighted by Gasteiger charge is 2.20. The Hall–Kier alpha value is -1.25. The van der Waals surface area contributed by atoms with Crippen LogP contribution < -0.4 is 0 Å². The van der Waals surface area contributed by atoms with Crippen LogP contribution in [0, 0.1) is 6.92 Å². The van der Waals surface area contributed by atoms with Crippen LogP contribution in [0.1, 0.15) is 36.7 Å². The molecule has 0 unspecified atom stereocenters. The van der Waals surface area contributed by atoms with E-state index in [0.29, 0.717) is 0 Å². The number of aryl methyl sites for hydroxylation is 1. The molecule has 0 spiro atoms. The first kappa shape index (κ1) is 9.31. The normalized spacial score (nSPS) is 18.6. The van der Waals surface area contributed by atoms with Crippen LogP contribution in [-0.2, 0) is 13.0 Å². The maximum Gasteiger partial charge on any atom is 0.0886 e.